The summed E-state index contributed by atoms with van der Waals surface area (Å²) in [6.07, 6.45) is 8.71. The first-order chi connectivity index (χ1) is 13.4. The van der Waals surface area contributed by atoms with Gasteiger partial charge in [-0.25, -0.2) is 0 Å². The quantitative estimate of drug-likeness (QED) is 0.267. The first-order valence-electron chi connectivity index (χ1n) is 9.73. The van der Waals surface area contributed by atoms with Crippen molar-refractivity contribution in [3.8, 4) is 0 Å². The topological polar surface area (TPSA) is 13.1 Å². The predicted octanol–water partition coefficient (Wildman–Crippen LogP) is 7.30. The third kappa shape index (κ3) is 3.00. The standard InChI is InChI=1S/C18H16.C8H6O/c1-3-7-15-13(5-1)9-11-18-16-8-4-2-6-14(16)10-12-17(15)18;1-2-4-8-6-9-5-7(8)3-1/h1,3,5,7,9-12H,2,4,6,8H2;1-6H. The van der Waals surface area contributed by atoms with Gasteiger partial charge in [-0.3, -0.25) is 0 Å². The van der Waals surface area contributed by atoms with Gasteiger partial charge in [-0.1, -0.05) is 72.8 Å². The molecule has 27 heavy (non-hydrogen) atoms. The van der Waals surface area contributed by atoms with Crippen LogP contribution in [0.2, 0.25) is 0 Å². The highest BCUT2D eigenvalue weighted by molar-refractivity contribution is 6.08. The maximum atomic E-state index is 4.96. The summed E-state index contributed by atoms with van der Waals surface area (Å²) in [4.78, 5) is 0. The van der Waals surface area contributed by atoms with E-state index in [0.29, 0.717) is 0 Å². The Morgan fingerprint density at radius 2 is 1.19 bits per heavy atom. The number of rotatable bonds is 0. The summed E-state index contributed by atoms with van der Waals surface area (Å²) < 4.78 is 4.96. The van der Waals surface area contributed by atoms with Crippen LogP contribution < -0.4 is 0 Å². The fourth-order valence-electron chi connectivity index (χ4n) is 4.25. The third-order valence-electron chi connectivity index (χ3n) is 5.64. The molecule has 5 aromatic rings. The van der Waals surface area contributed by atoms with Crippen LogP contribution in [0.5, 0.6) is 0 Å². The smallest absolute Gasteiger partial charge is 0.0981 e. The molecule has 0 unspecified atom stereocenters. The number of furan rings is 1. The van der Waals surface area contributed by atoms with Crippen LogP contribution >= 0.6 is 0 Å². The molecule has 0 N–H and O–H groups in total. The molecular formula is C26H22O. The zero-order valence-corrected chi connectivity index (χ0v) is 15.3. The van der Waals surface area contributed by atoms with Gasteiger partial charge in [0.05, 0.1) is 12.5 Å². The van der Waals surface area contributed by atoms with Crippen molar-refractivity contribution in [2.24, 2.45) is 0 Å². The largest absolute Gasteiger partial charge is 0.471 e. The van der Waals surface area contributed by atoms with E-state index in [1.54, 1.807) is 23.7 Å². The molecular weight excluding hydrogens is 328 g/mol. The van der Waals surface area contributed by atoms with E-state index >= 15 is 0 Å². The Bertz CT molecular complexity index is 1200. The molecule has 0 radical (unpaired) electrons. The Balaban J connectivity index is 0.000000149. The maximum Gasteiger partial charge on any atom is 0.0981 e. The number of hydrogen-bond acceptors (Lipinski definition) is 1. The third-order valence-corrected chi connectivity index (χ3v) is 5.64. The highest BCUT2D eigenvalue weighted by atomic mass is 16.3. The van der Waals surface area contributed by atoms with Crippen molar-refractivity contribution in [2.75, 3.05) is 0 Å². The lowest BCUT2D eigenvalue weighted by atomic mass is 9.86. The number of fused-ring (bicyclic) bond motifs is 6. The zero-order valence-electron chi connectivity index (χ0n) is 15.3. The molecule has 4 aromatic carbocycles. The summed E-state index contributed by atoms with van der Waals surface area (Å²) in [6.45, 7) is 0. The van der Waals surface area contributed by atoms with Gasteiger partial charge in [0.1, 0.15) is 0 Å². The minimum atomic E-state index is 1.16. The Morgan fingerprint density at radius 1 is 0.519 bits per heavy atom. The normalized spacial score (nSPS) is 13.3. The van der Waals surface area contributed by atoms with Gasteiger partial charge in [-0.05, 0) is 58.4 Å². The summed E-state index contributed by atoms with van der Waals surface area (Å²) in [5.74, 6) is 0. The Kier molecular flexibility index (Phi) is 4.14. The molecule has 1 heteroatoms. The number of benzene rings is 4. The Labute approximate surface area is 159 Å². The lowest BCUT2D eigenvalue weighted by molar-refractivity contribution is 0.572. The van der Waals surface area contributed by atoms with Gasteiger partial charge in [0.15, 0.2) is 0 Å². The second kappa shape index (κ2) is 6.92. The summed E-state index contributed by atoms with van der Waals surface area (Å²) in [5.41, 5.74) is 3.17. The zero-order chi connectivity index (χ0) is 18.1. The summed E-state index contributed by atoms with van der Waals surface area (Å²) in [7, 11) is 0. The molecule has 1 aromatic heterocycles. The van der Waals surface area contributed by atoms with E-state index in [0.717, 1.165) is 10.8 Å². The summed E-state index contributed by atoms with van der Waals surface area (Å²) >= 11 is 0. The highest BCUT2D eigenvalue weighted by Gasteiger charge is 2.13. The van der Waals surface area contributed by atoms with Crippen molar-refractivity contribution in [1.82, 2.24) is 0 Å². The molecule has 0 saturated heterocycles. The SMILES string of the molecule is c1ccc2c(c1)ccc1c3c(ccc12)CCCC3.c1ccc2cocc2c1. The van der Waals surface area contributed by atoms with Gasteiger partial charge in [-0.15, -0.1) is 0 Å². The average Bonchev–Trinajstić information content (AvgIpc) is 3.23. The van der Waals surface area contributed by atoms with Crippen LogP contribution in [0.1, 0.15) is 24.0 Å². The van der Waals surface area contributed by atoms with Crippen LogP contribution in [-0.4, -0.2) is 0 Å². The second-order valence-electron chi connectivity index (χ2n) is 7.29. The van der Waals surface area contributed by atoms with E-state index in [1.165, 1.54) is 47.2 Å². The second-order valence-corrected chi connectivity index (χ2v) is 7.29. The van der Waals surface area contributed by atoms with E-state index in [-0.39, 0.29) is 0 Å². The minimum absolute atomic E-state index is 1.16. The van der Waals surface area contributed by atoms with E-state index in [1.807, 2.05) is 24.3 Å². The maximum absolute atomic E-state index is 4.96. The van der Waals surface area contributed by atoms with Crippen LogP contribution in [0.4, 0.5) is 0 Å². The van der Waals surface area contributed by atoms with Crippen LogP contribution in [0.3, 0.4) is 0 Å². The first-order valence-corrected chi connectivity index (χ1v) is 9.73. The average molecular weight is 350 g/mol. The van der Waals surface area contributed by atoms with Crippen LogP contribution in [0.25, 0.3) is 32.3 Å². The monoisotopic (exact) mass is 350 g/mol. The number of aryl methyl sites for hydroxylation is 2. The lowest BCUT2D eigenvalue weighted by Crippen LogP contribution is -2.02. The van der Waals surface area contributed by atoms with Crippen molar-refractivity contribution in [3.63, 3.8) is 0 Å². The fraction of sp³-hybridized carbons (Fsp3) is 0.154. The van der Waals surface area contributed by atoms with E-state index < -0.39 is 0 Å². The number of hydrogen-bond donors (Lipinski definition) is 0. The molecule has 0 amide bonds. The molecule has 0 spiro atoms. The lowest BCUT2D eigenvalue weighted by Gasteiger charge is -2.18. The molecule has 1 heterocycles. The molecule has 1 aliphatic carbocycles. The predicted molar refractivity (Wildman–Crippen MR) is 114 cm³/mol. The molecule has 0 atom stereocenters. The molecule has 0 saturated carbocycles. The van der Waals surface area contributed by atoms with Crippen molar-refractivity contribution in [2.45, 2.75) is 25.7 Å². The summed E-state index contributed by atoms with van der Waals surface area (Å²) in [6, 6.07) is 26.0. The van der Waals surface area contributed by atoms with Crippen molar-refractivity contribution in [3.05, 3.63) is 96.4 Å². The van der Waals surface area contributed by atoms with Crippen LogP contribution in [0.15, 0.2) is 89.7 Å². The van der Waals surface area contributed by atoms with E-state index in [9.17, 15) is 0 Å². The highest BCUT2D eigenvalue weighted by Crippen LogP contribution is 2.33. The molecule has 0 fully saturated rings. The minimum Gasteiger partial charge on any atom is -0.471 e. The van der Waals surface area contributed by atoms with E-state index in [2.05, 4.69) is 48.5 Å². The Hall–Kier alpha value is -3.06. The summed E-state index contributed by atoms with van der Waals surface area (Å²) in [5, 5.41) is 7.97. The first kappa shape index (κ1) is 16.1. The Morgan fingerprint density at radius 3 is 2.00 bits per heavy atom. The van der Waals surface area contributed by atoms with Gasteiger partial charge in [0, 0.05) is 10.8 Å². The van der Waals surface area contributed by atoms with Gasteiger partial charge in [-0.2, -0.15) is 0 Å². The van der Waals surface area contributed by atoms with Gasteiger partial charge < -0.3 is 4.42 Å². The van der Waals surface area contributed by atoms with Gasteiger partial charge in [0.2, 0.25) is 0 Å². The molecule has 0 aliphatic heterocycles. The van der Waals surface area contributed by atoms with Crippen LogP contribution in [0, 0.1) is 0 Å². The van der Waals surface area contributed by atoms with Crippen molar-refractivity contribution < 1.29 is 4.42 Å². The van der Waals surface area contributed by atoms with Crippen molar-refractivity contribution >= 4 is 32.3 Å². The van der Waals surface area contributed by atoms with Gasteiger partial charge >= 0.3 is 0 Å². The molecule has 6 rings (SSSR count). The molecule has 1 nitrogen and oxygen atoms in total. The molecule has 0 bridgehead atoms. The fourth-order valence-corrected chi connectivity index (χ4v) is 4.25. The molecule has 132 valence electrons. The van der Waals surface area contributed by atoms with Gasteiger partial charge in [0.25, 0.3) is 0 Å². The van der Waals surface area contributed by atoms with Crippen molar-refractivity contribution in [1.29, 1.82) is 0 Å². The van der Waals surface area contributed by atoms with Crippen LogP contribution in [-0.2, 0) is 12.8 Å². The molecule has 1 aliphatic rings. The van der Waals surface area contributed by atoms with E-state index in [4.69, 9.17) is 4.42 Å².